The molecule has 2 aliphatic rings. The molecule has 2 unspecified atom stereocenters. The number of carbonyl (C=O) groups is 3. The molecule has 462 valence electrons. The summed E-state index contributed by atoms with van der Waals surface area (Å²) in [6.45, 7) is 16.1. The predicted molar refractivity (Wildman–Crippen MR) is 306 cm³/mol. The third-order valence-electron chi connectivity index (χ3n) is 10.7. The van der Waals surface area contributed by atoms with Gasteiger partial charge >= 0.3 is 5.97 Å². The van der Waals surface area contributed by atoms with Crippen molar-refractivity contribution in [3.63, 3.8) is 0 Å². The highest BCUT2D eigenvalue weighted by Crippen LogP contribution is 2.40. The normalized spacial score (nSPS) is 15.2. The van der Waals surface area contributed by atoms with Crippen LogP contribution in [0.4, 0.5) is 0 Å². The Morgan fingerprint density at radius 2 is 0.615 bits per heavy atom. The lowest BCUT2D eigenvalue weighted by Gasteiger charge is -2.09. The SMILES string of the molecule is COCCOCCOCCOCCNC(=O)CCCCC1CCSS1.O=C(O)CCOCCOCCOCCOCCOCCOCCOCCOCCOCCOCCOCCOCCNC(=O)CCCCC1CCSS1. The highest BCUT2D eigenvalue weighted by atomic mass is 33.1. The van der Waals surface area contributed by atoms with E-state index in [0.29, 0.717) is 224 Å². The smallest absolute Gasteiger partial charge is 0.305 e. The molecule has 0 aromatic heterocycles. The van der Waals surface area contributed by atoms with Crippen molar-refractivity contribution in [3.05, 3.63) is 0 Å². The summed E-state index contributed by atoms with van der Waals surface area (Å²) in [5.41, 5.74) is 0. The quantitative estimate of drug-likeness (QED) is 0.0536. The number of carbonyl (C=O) groups excluding carboxylic acids is 2. The van der Waals surface area contributed by atoms with Crippen molar-refractivity contribution in [1.82, 2.24) is 10.6 Å². The lowest BCUT2D eigenvalue weighted by Crippen LogP contribution is -2.27. The Balaban J connectivity index is 0.00000101. The summed E-state index contributed by atoms with van der Waals surface area (Å²) < 4.78 is 86.1. The van der Waals surface area contributed by atoms with E-state index in [1.807, 2.05) is 43.2 Å². The molecule has 2 atom stereocenters. The van der Waals surface area contributed by atoms with Gasteiger partial charge in [-0.25, -0.2) is 0 Å². The summed E-state index contributed by atoms with van der Waals surface area (Å²) in [6.07, 6.45) is 10.5. The third-order valence-corrected chi connectivity index (χ3v) is 16.7. The van der Waals surface area contributed by atoms with Gasteiger partial charge in [0.25, 0.3) is 0 Å². The molecule has 0 spiro atoms. The Kier molecular flexibility index (Phi) is 61.4. The Labute approximate surface area is 482 Å². The zero-order valence-corrected chi connectivity index (χ0v) is 50.3. The maximum absolute atomic E-state index is 11.9. The van der Waals surface area contributed by atoms with E-state index in [1.165, 1.54) is 37.2 Å². The molecule has 2 heterocycles. The number of unbranched alkanes of at least 4 members (excludes halogenated alkanes) is 2. The molecule has 78 heavy (non-hydrogen) atoms. The van der Waals surface area contributed by atoms with Crippen molar-refractivity contribution >= 4 is 61.0 Å². The van der Waals surface area contributed by atoms with Crippen LogP contribution in [0.1, 0.15) is 70.6 Å². The van der Waals surface area contributed by atoms with E-state index in [2.05, 4.69) is 10.6 Å². The fourth-order valence-electron chi connectivity index (χ4n) is 6.51. The Morgan fingerprint density at radius 1 is 0.359 bits per heavy atom. The van der Waals surface area contributed by atoms with Gasteiger partial charge in [-0.1, -0.05) is 56.0 Å². The van der Waals surface area contributed by atoms with Gasteiger partial charge in [-0.2, -0.15) is 0 Å². The molecule has 2 aliphatic heterocycles. The highest BCUT2D eigenvalue weighted by Gasteiger charge is 2.17. The van der Waals surface area contributed by atoms with Crippen LogP contribution >= 0.6 is 43.2 Å². The molecule has 3 N–H and O–H groups in total. The van der Waals surface area contributed by atoms with Crippen LogP contribution in [0.25, 0.3) is 0 Å². The zero-order chi connectivity index (χ0) is 56.0. The highest BCUT2D eigenvalue weighted by molar-refractivity contribution is 8.77. The Bertz CT molecular complexity index is 1270. The first-order chi connectivity index (χ1) is 38.5. The Morgan fingerprint density at radius 3 is 0.859 bits per heavy atom. The molecule has 26 heteroatoms. The van der Waals surface area contributed by atoms with Crippen LogP contribution in [0.2, 0.25) is 0 Å². The number of carboxylic acid groups (broad SMARTS) is 1. The molecule has 0 bridgehead atoms. The summed E-state index contributed by atoms with van der Waals surface area (Å²) in [5.74, 6) is 1.90. The van der Waals surface area contributed by atoms with Gasteiger partial charge in [-0.3, -0.25) is 14.4 Å². The van der Waals surface area contributed by atoms with Crippen LogP contribution in [0.3, 0.4) is 0 Å². The number of hydrogen-bond donors (Lipinski definition) is 3. The van der Waals surface area contributed by atoms with Crippen molar-refractivity contribution in [1.29, 1.82) is 0 Å². The number of hydrogen-bond acceptors (Lipinski definition) is 23. The predicted octanol–water partition coefficient (Wildman–Crippen LogP) is 5.00. The van der Waals surface area contributed by atoms with E-state index in [9.17, 15) is 14.4 Å². The van der Waals surface area contributed by atoms with E-state index >= 15 is 0 Å². The molecular weight excluding hydrogens is 1100 g/mol. The summed E-state index contributed by atoms with van der Waals surface area (Å²) in [7, 11) is 9.60. The molecule has 2 saturated heterocycles. The number of rotatable bonds is 61. The second-order valence-electron chi connectivity index (χ2n) is 17.2. The van der Waals surface area contributed by atoms with Crippen LogP contribution < -0.4 is 10.6 Å². The minimum absolute atomic E-state index is 0.00481. The van der Waals surface area contributed by atoms with Gasteiger partial charge in [0.1, 0.15) is 0 Å². The summed E-state index contributed by atoms with van der Waals surface area (Å²) in [4.78, 5) is 33.9. The molecule has 0 saturated carbocycles. The van der Waals surface area contributed by atoms with Crippen molar-refractivity contribution in [2.75, 3.05) is 237 Å². The van der Waals surface area contributed by atoms with Crippen LogP contribution in [-0.4, -0.2) is 270 Å². The van der Waals surface area contributed by atoms with E-state index < -0.39 is 5.97 Å². The minimum Gasteiger partial charge on any atom is -0.481 e. The van der Waals surface area contributed by atoms with Crippen molar-refractivity contribution in [2.45, 2.75) is 81.1 Å². The Hall–Kier alpha value is -0.830. The van der Waals surface area contributed by atoms with Crippen molar-refractivity contribution in [3.8, 4) is 0 Å². The topological polar surface area (TPSA) is 243 Å². The maximum Gasteiger partial charge on any atom is 0.305 e. The molecule has 0 aromatic carbocycles. The van der Waals surface area contributed by atoms with Gasteiger partial charge in [0.2, 0.25) is 11.8 Å². The lowest BCUT2D eigenvalue weighted by molar-refractivity contribution is -0.138. The zero-order valence-electron chi connectivity index (χ0n) is 47.0. The monoisotopic (exact) mass is 1200 g/mol. The number of carboxylic acids is 1. The fourth-order valence-corrected chi connectivity index (χ4v) is 12.6. The van der Waals surface area contributed by atoms with Crippen LogP contribution in [0, 0.1) is 0 Å². The second-order valence-corrected chi connectivity index (χ2v) is 22.7. The van der Waals surface area contributed by atoms with Gasteiger partial charge in [-0.05, 0) is 38.5 Å². The first kappa shape index (κ1) is 75.2. The van der Waals surface area contributed by atoms with Crippen molar-refractivity contribution < 1.29 is 95.3 Å². The second kappa shape index (κ2) is 63.7. The van der Waals surface area contributed by atoms with Crippen molar-refractivity contribution in [2.24, 2.45) is 0 Å². The summed E-state index contributed by atoms with van der Waals surface area (Å²) >= 11 is 0. The van der Waals surface area contributed by atoms with E-state index in [-0.39, 0.29) is 24.8 Å². The van der Waals surface area contributed by atoms with Gasteiger partial charge < -0.3 is 91.5 Å². The number of ether oxygens (including phenoxy) is 16. The van der Waals surface area contributed by atoms with E-state index in [0.717, 1.165) is 36.2 Å². The van der Waals surface area contributed by atoms with Crippen LogP contribution in [0.5, 0.6) is 0 Å². The lowest BCUT2D eigenvalue weighted by atomic mass is 10.1. The fraction of sp³-hybridized carbons (Fsp3) is 0.942. The van der Waals surface area contributed by atoms with Gasteiger partial charge in [0.15, 0.2) is 0 Å². The standard InChI is InChI=1S/C35H67NO15S2.C17H33NO5S2/c37-34(4-2-1-3-33-6-32-52-53-33)36-7-9-41-11-13-43-15-17-45-19-21-47-23-25-49-27-29-51-31-30-50-28-26-48-24-22-46-20-18-44-16-14-42-12-10-40-8-5-35(38)39;1-20-9-10-22-13-14-23-12-11-21-8-7-18-17(19)5-3-2-4-16-6-15-24-25-16/h33H,1-32H2,(H,36,37)(H,38,39);16H,2-15H2,1H3,(H,18,19). The van der Waals surface area contributed by atoms with Crippen LogP contribution in [0.15, 0.2) is 0 Å². The molecule has 0 aliphatic carbocycles. The minimum atomic E-state index is -0.876. The van der Waals surface area contributed by atoms with E-state index in [1.54, 1.807) is 7.11 Å². The number of nitrogens with one attached hydrogen (secondary N) is 2. The van der Waals surface area contributed by atoms with Crippen LogP contribution in [-0.2, 0) is 90.2 Å². The number of amides is 2. The molecule has 2 rings (SSSR count). The average molecular weight is 1200 g/mol. The molecule has 22 nitrogen and oxygen atoms in total. The largest absolute Gasteiger partial charge is 0.481 e. The summed E-state index contributed by atoms with van der Waals surface area (Å²) in [6, 6.07) is 0. The molecule has 0 aromatic rings. The number of aliphatic carboxylic acids is 1. The molecule has 0 radical (unpaired) electrons. The number of methoxy groups -OCH3 is 1. The first-order valence-electron chi connectivity index (χ1n) is 28.0. The maximum atomic E-state index is 11.9. The molecular formula is C52H100N2O20S4. The third kappa shape index (κ3) is 59.8. The van der Waals surface area contributed by atoms with Gasteiger partial charge in [0, 0.05) is 55.0 Å². The van der Waals surface area contributed by atoms with Gasteiger partial charge in [0.05, 0.1) is 211 Å². The van der Waals surface area contributed by atoms with E-state index in [4.69, 9.17) is 80.9 Å². The molecule has 2 amide bonds. The molecule has 2 fully saturated rings. The van der Waals surface area contributed by atoms with Gasteiger partial charge in [-0.15, -0.1) is 0 Å². The summed E-state index contributed by atoms with van der Waals surface area (Å²) in [5, 5.41) is 15.9. The average Bonchev–Trinajstić information content (AvgIpc) is 4.18. The first-order valence-corrected chi connectivity index (χ1v) is 32.7.